The summed E-state index contributed by atoms with van der Waals surface area (Å²) in [6.45, 7) is 3.13. The van der Waals surface area contributed by atoms with Gasteiger partial charge in [0.25, 0.3) is 0 Å². The number of carboxylic acids is 1. The molecule has 1 aromatic rings. The van der Waals surface area contributed by atoms with E-state index in [0.717, 1.165) is 11.5 Å². The molecule has 1 aliphatic heterocycles. The molecule has 0 amide bonds. The van der Waals surface area contributed by atoms with E-state index in [1.165, 1.54) is 0 Å². The van der Waals surface area contributed by atoms with Crippen molar-refractivity contribution >= 4 is 11.8 Å². The highest BCUT2D eigenvalue weighted by molar-refractivity contribution is 5.70. The lowest BCUT2D eigenvalue weighted by atomic mass is 9.97. The number of nitriles is 1. The molecule has 0 bridgehead atoms. The molecule has 6 heteroatoms. The average molecular weight is 248 g/mol. The first-order chi connectivity index (χ1) is 8.54. The highest BCUT2D eigenvalue weighted by atomic mass is 16.4. The van der Waals surface area contributed by atoms with Crippen LogP contribution in [-0.2, 0) is 11.8 Å². The molecular weight excluding hydrogens is 232 g/mol. The van der Waals surface area contributed by atoms with Crippen LogP contribution in [0.1, 0.15) is 24.1 Å². The summed E-state index contributed by atoms with van der Waals surface area (Å²) < 4.78 is 1.70. The largest absolute Gasteiger partial charge is 0.481 e. The SMILES string of the molecule is Cc1nn(C)c(N2CCC(C(=O)O)CC2)c1C#N. The molecule has 0 unspecified atom stereocenters. The molecule has 18 heavy (non-hydrogen) atoms. The molecule has 96 valence electrons. The van der Waals surface area contributed by atoms with E-state index in [1.54, 1.807) is 4.68 Å². The molecule has 1 fully saturated rings. The standard InChI is InChI=1S/C12H16N4O2/c1-8-10(7-13)11(15(2)14-8)16-5-3-9(4-6-16)12(17)18/h9H,3-6H2,1-2H3,(H,17,18). The Morgan fingerprint density at radius 3 is 2.61 bits per heavy atom. The van der Waals surface area contributed by atoms with Crippen LogP contribution in [0, 0.1) is 24.2 Å². The Morgan fingerprint density at radius 2 is 2.11 bits per heavy atom. The maximum atomic E-state index is 10.9. The molecule has 1 N–H and O–H groups in total. The minimum Gasteiger partial charge on any atom is -0.481 e. The maximum absolute atomic E-state index is 10.9. The first kappa shape index (κ1) is 12.4. The van der Waals surface area contributed by atoms with E-state index in [1.807, 2.05) is 14.0 Å². The van der Waals surface area contributed by atoms with Crippen LogP contribution in [0.5, 0.6) is 0 Å². The number of hydrogen-bond acceptors (Lipinski definition) is 4. The molecule has 0 aromatic carbocycles. The third kappa shape index (κ3) is 2.04. The van der Waals surface area contributed by atoms with E-state index >= 15 is 0 Å². The molecule has 2 rings (SSSR count). The number of aromatic nitrogens is 2. The summed E-state index contributed by atoms with van der Waals surface area (Å²) >= 11 is 0. The zero-order valence-electron chi connectivity index (χ0n) is 10.6. The summed E-state index contributed by atoms with van der Waals surface area (Å²) in [5.74, 6) is -0.184. The maximum Gasteiger partial charge on any atom is 0.306 e. The zero-order chi connectivity index (χ0) is 13.3. The van der Waals surface area contributed by atoms with Crippen LogP contribution in [0.15, 0.2) is 0 Å². The highest BCUT2D eigenvalue weighted by Crippen LogP contribution is 2.27. The van der Waals surface area contributed by atoms with Gasteiger partial charge >= 0.3 is 5.97 Å². The fraction of sp³-hybridized carbons (Fsp3) is 0.583. The van der Waals surface area contributed by atoms with Crippen LogP contribution in [0.3, 0.4) is 0 Å². The molecule has 1 saturated heterocycles. The number of nitrogens with zero attached hydrogens (tertiary/aromatic N) is 4. The molecular formula is C12H16N4O2. The lowest BCUT2D eigenvalue weighted by molar-refractivity contribution is -0.142. The summed E-state index contributed by atoms with van der Waals surface area (Å²) in [7, 11) is 1.81. The van der Waals surface area contributed by atoms with Crippen molar-refractivity contribution in [1.29, 1.82) is 5.26 Å². The second-order valence-corrected chi connectivity index (χ2v) is 4.62. The van der Waals surface area contributed by atoms with Gasteiger partial charge in [0.2, 0.25) is 0 Å². The molecule has 0 radical (unpaired) electrons. The van der Waals surface area contributed by atoms with Crippen LogP contribution in [0.25, 0.3) is 0 Å². The summed E-state index contributed by atoms with van der Waals surface area (Å²) in [5, 5.41) is 22.4. The Kier molecular flexibility index (Phi) is 3.24. The van der Waals surface area contributed by atoms with Gasteiger partial charge < -0.3 is 10.0 Å². The molecule has 0 spiro atoms. The van der Waals surface area contributed by atoms with Crippen molar-refractivity contribution in [3.05, 3.63) is 11.3 Å². The van der Waals surface area contributed by atoms with E-state index in [2.05, 4.69) is 16.1 Å². The molecule has 1 aromatic heterocycles. The van der Waals surface area contributed by atoms with Crippen LogP contribution in [0.2, 0.25) is 0 Å². The fourth-order valence-electron chi connectivity index (χ4n) is 2.48. The fourth-order valence-corrected chi connectivity index (χ4v) is 2.48. The Morgan fingerprint density at radius 1 is 1.50 bits per heavy atom. The number of anilines is 1. The van der Waals surface area contributed by atoms with Gasteiger partial charge in [-0.15, -0.1) is 0 Å². The minimum absolute atomic E-state index is 0.263. The summed E-state index contributed by atoms with van der Waals surface area (Å²) in [5.41, 5.74) is 1.31. The Hall–Kier alpha value is -2.03. The molecule has 1 aliphatic rings. The third-order valence-electron chi connectivity index (χ3n) is 3.45. The predicted octanol–water partition coefficient (Wildman–Crippen LogP) is 0.901. The van der Waals surface area contributed by atoms with Crippen LogP contribution in [-0.4, -0.2) is 33.9 Å². The highest BCUT2D eigenvalue weighted by Gasteiger charge is 2.28. The zero-order valence-corrected chi connectivity index (χ0v) is 10.6. The van der Waals surface area contributed by atoms with Crippen molar-refractivity contribution in [1.82, 2.24) is 9.78 Å². The van der Waals surface area contributed by atoms with Gasteiger partial charge in [0.1, 0.15) is 17.5 Å². The van der Waals surface area contributed by atoms with Crippen molar-refractivity contribution in [2.45, 2.75) is 19.8 Å². The van der Waals surface area contributed by atoms with Gasteiger partial charge in [-0.1, -0.05) is 0 Å². The van der Waals surface area contributed by atoms with Crippen molar-refractivity contribution in [2.24, 2.45) is 13.0 Å². The van der Waals surface area contributed by atoms with E-state index in [9.17, 15) is 4.79 Å². The molecule has 2 heterocycles. The van der Waals surface area contributed by atoms with Gasteiger partial charge in [0.05, 0.1) is 11.6 Å². The van der Waals surface area contributed by atoms with Crippen molar-refractivity contribution in [2.75, 3.05) is 18.0 Å². The number of aryl methyl sites for hydroxylation is 2. The topological polar surface area (TPSA) is 82.2 Å². The van der Waals surface area contributed by atoms with Gasteiger partial charge in [-0.25, -0.2) is 0 Å². The van der Waals surface area contributed by atoms with E-state index < -0.39 is 5.97 Å². The van der Waals surface area contributed by atoms with Crippen molar-refractivity contribution in [3.8, 4) is 6.07 Å². The summed E-state index contributed by atoms with van der Waals surface area (Å²) in [6.07, 6.45) is 1.23. The van der Waals surface area contributed by atoms with Crippen molar-refractivity contribution in [3.63, 3.8) is 0 Å². The van der Waals surface area contributed by atoms with Crippen molar-refractivity contribution < 1.29 is 9.90 Å². The monoisotopic (exact) mass is 248 g/mol. The number of carboxylic acid groups (broad SMARTS) is 1. The van der Waals surface area contributed by atoms with Crippen LogP contribution >= 0.6 is 0 Å². The normalized spacial score (nSPS) is 16.6. The number of hydrogen-bond donors (Lipinski definition) is 1. The summed E-state index contributed by atoms with van der Waals surface area (Å²) in [4.78, 5) is 13.0. The quantitative estimate of drug-likeness (QED) is 0.840. The van der Waals surface area contributed by atoms with Gasteiger partial charge in [0.15, 0.2) is 0 Å². The van der Waals surface area contributed by atoms with Gasteiger partial charge in [0, 0.05) is 20.1 Å². The van der Waals surface area contributed by atoms with Gasteiger partial charge in [-0.3, -0.25) is 9.48 Å². The van der Waals surface area contributed by atoms with Gasteiger partial charge in [-0.2, -0.15) is 10.4 Å². The second kappa shape index (κ2) is 4.69. The summed E-state index contributed by atoms with van der Waals surface area (Å²) in [6, 6.07) is 2.17. The second-order valence-electron chi connectivity index (χ2n) is 4.62. The number of rotatable bonds is 2. The predicted molar refractivity (Wildman–Crippen MR) is 65.2 cm³/mol. The number of aliphatic carboxylic acids is 1. The Labute approximate surface area is 105 Å². The Bertz CT molecular complexity index is 507. The van der Waals surface area contributed by atoms with E-state index in [0.29, 0.717) is 31.5 Å². The molecule has 6 nitrogen and oxygen atoms in total. The number of piperidine rings is 1. The first-order valence-corrected chi connectivity index (χ1v) is 5.96. The van der Waals surface area contributed by atoms with Gasteiger partial charge in [-0.05, 0) is 19.8 Å². The van der Waals surface area contributed by atoms with E-state index in [-0.39, 0.29) is 5.92 Å². The molecule has 0 aliphatic carbocycles. The Balaban J connectivity index is 2.20. The lowest BCUT2D eigenvalue weighted by Gasteiger charge is -2.31. The minimum atomic E-state index is -0.726. The average Bonchev–Trinajstić information content (AvgIpc) is 2.63. The molecule has 0 saturated carbocycles. The lowest BCUT2D eigenvalue weighted by Crippen LogP contribution is -2.37. The third-order valence-corrected chi connectivity index (χ3v) is 3.45. The number of carbonyl (C=O) groups is 1. The first-order valence-electron chi connectivity index (χ1n) is 5.96. The smallest absolute Gasteiger partial charge is 0.306 e. The van der Waals surface area contributed by atoms with E-state index in [4.69, 9.17) is 10.4 Å². The molecule has 0 atom stereocenters. The van der Waals surface area contributed by atoms with Crippen LogP contribution < -0.4 is 4.90 Å². The van der Waals surface area contributed by atoms with Crippen LogP contribution in [0.4, 0.5) is 5.82 Å².